The van der Waals surface area contributed by atoms with Crippen molar-refractivity contribution >= 4 is 17.4 Å². The van der Waals surface area contributed by atoms with Crippen molar-refractivity contribution in [3.05, 3.63) is 35.6 Å². The van der Waals surface area contributed by atoms with Crippen LogP contribution >= 0.6 is 11.6 Å². The van der Waals surface area contributed by atoms with E-state index in [4.69, 9.17) is 16.3 Å². The van der Waals surface area contributed by atoms with Gasteiger partial charge in [0.05, 0.1) is 5.02 Å². The number of hydrogen-bond donors (Lipinski definition) is 1. The normalized spacial score (nSPS) is 11.1. The molecule has 0 radical (unpaired) electrons. The molecule has 1 heterocycles. The zero-order valence-corrected chi connectivity index (χ0v) is 11.4. The first kappa shape index (κ1) is 15.2. The summed E-state index contributed by atoms with van der Waals surface area (Å²) in [7, 11) is 1.62. The summed E-state index contributed by atoms with van der Waals surface area (Å²) in [6.45, 7) is 0. The molecule has 0 fully saturated rings. The Labute approximate surface area is 122 Å². The Morgan fingerprint density at radius 3 is 2.67 bits per heavy atom. The Morgan fingerprint density at radius 2 is 2.00 bits per heavy atom. The largest absolute Gasteiger partial charge is 0.573 e. The number of aromatic nitrogens is 2. The highest BCUT2D eigenvalue weighted by atomic mass is 35.5. The first-order valence-corrected chi connectivity index (χ1v) is 5.99. The molecule has 0 aliphatic carbocycles. The average Bonchev–Trinajstić information content (AvgIpc) is 2.41. The van der Waals surface area contributed by atoms with E-state index in [-0.39, 0.29) is 16.7 Å². The molecule has 0 saturated carbocycles. The second-order valence-corrected chi connectivity index (χ2v) is 4.12. The average molecular weight is 320 g/mol. The molecule has 5 nitrogen and oxygen atoms in total. The zero-order chi connectivity index (χ0) is 15.5. The van der Waals surface area contributed by atoms with Gasteiger partial charge in [0, 0.05) is 13.1 Å². The van der Waals surface area contributed by atoms with E-state index in [0.29, 0.717) is 5.82 Å². The van der Waals surface area contributed by atoms with Crippen LogP contribution in [0.25, 0.3) is 0 Å². The van der Waals surface area contributed by atoms with Crippen LogP contribution in [0.5, 0.6) is 17.4 Å². The molecule has 9 heteroatoms. The highest BCUT2D eigenvalue weighted by Gasteiger charge is 2.33. The van der Waals surface area contributed by atoms with E-state index >= 15 is 0 Å². The molecule has 2 aromatic rings. The van der Waals surface area contributed by atoms with Crippen molar-refractivity contribution < 1.29 is 22.6 Å². The van der Waals surface area contributed by atoms with Gasteiger partial charge in [-0.05, 0) is 12.1 Å². The lowest BCUT2D eigenvalue weighted by Crippen LogP contribution is -2.17. The molecular weight excluding hydrogens is 311 g/mol. The van der Waals surface area contributed by atoms with Crippen molar-refractivity contribution in [3.8, 4) is 17.4 Å². The van der Waals surface area contributed by atoms with Gasteiger partial charge in [-0.2, -0.15) is 0 Å². The molecule has 1 aromatic carbocycles. The van der Waals surface area contributed by atoms with Crippen molar-refractivity contribution in [2.45, 2.75) is 6.36 Å². The Kier molecular flexibility index (Phi) is 4.37. The first-order chi connectivity index (χ1) is 9.89. The van der Waals surface area contributed by atoms with E-state index in [2.05, 4.69) is 20.0 Å². The number of para-hydroxylation sites is 1. The minimum atomic E-state index is -4.86. The van der Waals surface area contributed by atoms with Crippen LogP contribution in [0.4, 0.5) is 19.0 Å². The summed E-state index contributed by atoms with van der Waals surface area (Å²) in [6.07, 6.45) is -3.66. The zero-order valence-electron chi connectivity index (χ0n) is 10.6. The summed E-state index contributed by atoms with van der Waals surface area (Å²) in [5, 5.41) is 2.70. The lowest BCUT2D eigenvalue weighted by atomic mass is 10.3. The van der Waals surface area contributed by atoms with Crippen LogP contribution in [0.2, 0.25) is 5.02 Å². The number of benzene rings is 1. The molecule has 0 saturated heterocycles. The second kappa shape index (κ2) is 6.04. The topological polar surface area (TPSA) is 56.3 Å². The molecule has 21 heavy (non-hydrogen) atoms. The van der Waals surface area contributed by atoms with Gasteiger partial charge < -0.3 is 14.8 Å². The fraction of sp³-hybridized carbons (Fsp3) is 0.167. The number of anilines is 1. The van der Waals surface area contributed by atoms with Gasteiger partial charge in [0.15, 0.2) is 11.5 Å². The van der Waals surface area contributed by atoms with Gasteiger partial charge in [-0.3, -0.25) is 0 Å². The van der Waals surface area contributed by atoms with Crippen LogP contribution in [0.1, 0.15) is 0 Å². The molecule has 0 aliphatic heterocycles. The maximum Gasteiger partial charge on any atom is 0.573 e. The summed E-state index contributed by atoms with van der Waals surface area (Å²) in [5.41, 5.74) is 0. The molecule has 0 spiro atoms. The van der Waals surface area contributed by atoms with Crippen molar-refractivity contribution in [2.24, 2.45) is 0 Å². The molecule has 0 atom stereocenters. The Bertz CT molecular complexity index is 637. The Balaban J connectivity index is 2.34. The van der Waals surface area contributed by atoms with Crippen LogP contribution in [0.3, 0.4) is 0 Å². The van der Waals surface area contributed by atoms with Gasteiger partial charge in [-0.1, -0.05) is 17.7 Å². The number of halogens is 4. The number of hydrogen-bond acceptors (Lipinski definition) is 5. The molecule has 1 N–H and O–H groups in total. The predicted octanol–water partition coefficient (Wildman–Crippen LogP) is 3.86. The van der Waals surface area contributed by atoms with E-state index in [9.17, 15) is 13.2 Å². The number of rotatable bonds is 4. The van der Waals surface area contributed by atoms with Crippen molar-refractivity contribution in [1.29, 1.82) is 0 Å². The van der Waals surface area contributed by atoms with Crippen molar-refractivity contribution in [1.82, 2.24) is 9.97 Å². The lowest BCUT2D eigenvalue weighted by Gasteiger charge is -2.14. The van der Waals surface area contributed by atoms with Crippen molar-refractivity contribution in [2.75, 3.05) is 12.4 Å². The van der Waals surface area contributed by atoms with Crippen LogP contribution in [-0.4, -0.2) is 23.4 Å². The lowest BCUT2D eigenvalue weighted by molar-refractivity contribution is -0.275. The highest BCUT2D eigenvalue weighted by Crippen LogP contribution is 2.40. The van der Waals surface area contributed by atoms with Crippen LogP contribution in [-0.2, 0) is 0 Å². The fourth-order valence-corrected chi connectivity index (χ4v) is 1.63. The summed E-state index contributed by atoms with van der Waals surface area (Å²) in [6, 6.07) is 5.19. The molecule has 1 aromatic heterocycles. The predicted molar refractivity (Wildman–Crippen MR) is 69.8 cm³/mol. The van der Waals surface area contributed by atoms with Crippen LogP contribution in [0, 0.1) is 0 Å². The smallest absolute Gasteiger partial charge is 0.433 e. The van der Waals surface area contributed by atoms with Crippen LogP contribution < -0.4 is 14.8 Å². The van der Waals surface area contributed by atoms with Gasteiger partial charge >= 0.3 is 6.36 Å². The quantitative estimate of drug-likeness (QED) is 0.927. The molecule has 112 valence electrons. The number of nitrogens with one attached hydrogen (secondary N) is 1. The number of nitrogens with zero attached hydrogens (tertiary/aromatic N) is 2. The SMILES string of the molecule is CNc1cc(Oc2c(Cl)cccc2OC(F)(F)F)ncn1. The van der Waals surface area contributed by atoms with Gasteiger partial charge in [-0.15, -0.1) is 13.2 Å². The van der Waals surface area contributed by atoms with Crippen LogP contribution in [0.15, 0.2) is 30.6 Å². The standard InChI is InChI=1S/C12H9ClF3N3O2/c1-17-9-5-10(19-6-18-9)20-11-7(13)3-2-4-8(11)21-12(14,15)16/h2-6H,1H3,(H,17,18,19). The minimum Gasteiger partial charge on any atom is -0.433 e. The van der Waals surface area contributed by atoms with Gasteiger partial charge in [0.1, 0.15) is 12.1 Å². The summed E-state index contributed by atoms with van der Waals surface area (Å²) >= 11 is 5.85. The molecule has 0 bridgehead atoms. The van der Waals surface area contributed by atoms with E-state index in [1.54, 1.807) is 7.05 Å². The van der Waals surface area contributed by atoms with Gasteiger partial charge in [-0.25, -0.2) is 9.97 Å². The molecule has 0 aliphatic rings. The third-order valence-corrected chi connectivity index (χ3v) is 2.56. The Morgan fingerprint density at radius 1 is 1.24 bits per heavy atom. The monoisotopic (exact) mass is 319 g/mol. The van der Waals surface area contributed by atoms with E-state index < -0.39 is 12.1 Å². The first-order valence-electron chi connectivity index (χ1n) is 5.61. The fourth-order valence-electron chi connectivity index (χ4n) is 1.43. The maximum atomic E-state index is 12.4. The van der Waals surface area contributed by atoms with Crippen molar-refractivity contribution in [3.63, 3.8) is 0 Å². The second-order valence-electron chi connectivity index (χ2n) is 3.71. The summed E-state index contributed by atoms with van der Waals surface area (Å²) < 4.78 is 46.2. The van der Waals surface area contributed by atoms with Gasteiger partial charge in [0.2, 0.25) is 5.88 Å². The third-order valence-electron chi connectivity index (χ3n) is 2.26. The highest BCUT2D eigenvalue weighted by molar-refractivity contribution is 6.32. The third kappa shape index (κ3) is 4.12. The summed E-state index contributed by atoms with van der Waals surface area (Å²) in [5.74, 6) is -0.378. The maximum absolute atomic E-state index is 12.4. The minimum absolute atomic E-state index is 0.0227. The molecule has 0 unspecified atom stereocenters. The number of ether oxygens (including phenoxy) is 2. The Hall–Kier alpha value is -2.22. The van der Waals surface area contributed by atoms with E-state index in [0.717, 1.165) is 6.07 Å². The number of alkyl halides is 3. The summed E-state index contributed by atoms with van der Waals surface area (Å²) in [4.78, 5) is 7.65. The van der Waals surface area contributed by atoms with Gasteiger partial charge in [0.25, 0.3) is 0 Å². The van der Waals surface area contributed by atoms with E-state index in [1.165, 1.54) is 24.5 Å². The van der Waals surface area contributed by atoms with E-state index in [1.807, 2.05) is 0 Å². The molecular formula is C12H9ClF3N3O2. The molecule has 2 rings (SSSR count). The molecule has 0 amide bonds.